The second kappa shape index (κ2) is 7.17. The maximum absolute atomic E-state index is 11.8. The molecule has 3 rings (SSSR count). The first-order valence-corrected chi connectivity index (χ1v) is 7.23. The predicted octanol–water partition coefficient (Wildman–Crippen LogP) is 2.23. The Kier molecular flexibility index (Phi) is 4.58. The third-order valence-corrected chi connectivity index (χ3v) is 3.15. The second-order valence-electron chi connectivity index (χ2n) is 4.84. The van der Waals surface area contributed by atoms with Crippen molar-refractivity contribution in [2.45, 2.75) is 6.42 Å². The van der Waals surface area contributed by atoms with Crippen LogP contribution in [0.5, 0.6) is 0 Å². The van der Waals surface area contributed by atoms with Gasteiger partial charge in [-0.15, -0.1) is 0 Å². The van der Waals surface area contributed by atoms with Gasteiger partial charge in [0.2, 0.25) is 0 Å². The summed E-state index contributed by atoms with van der Waals surface area (Å²) in [5, 5.41) is 12.6. The van der Waals surface area contributed by atoms with E-state index in [4.69, 9.17) is 0 Å². The lowest BCUT2D eigenvalue weighted by Crippen LogP contribution is -2.30. The minimum absolute atomic E-state index is 0.245. The summed E-state index contributed by atoms with van der Waals surface area (Å²) in [6.07, 6.45) is 3.96. The number of hydrogen-bond donors (Lipinski definition) is 3. The first-order chi connectivity index (χ1) is 11.3. The molecule has 0 aliphatic rings. The number of anilines is 1. The molecular weight excluding hydrogens is 292 g/mol. The van der Waals surface area contributed by atoms with Crippen LogP contribution >= 0.6 is 0 Å². The monoisotopic (exact) mass is 308 g/mol. The molecule has 0 aliphatic heterocycles. The number of benzene rings is 1. The third-order valence-electron chi connectivity index (χ3n) is 3.15. The average molecular weight is 308 g/mol. The van der Waals surface area contributed by atoms with Crippen LogP contribution in [0.4, 0.5) is 10.5 Å². The van der Waals surface area contributed by atoms with Gasteiger partial charge in [0.25, 0.3) is 0 Å². The highest BCUT2D eigenvalue weighted by Crippen LogP contribution is 2.12. The van der Waals surface area contributed by atoms with Crippen molar-refractivity contribution in [2.24, 2.45) is 0 Å². The summed E-state index contributed by atoms with van der Waals surface area (Å²) in [5.74, 6) is 1.34. The summed E-state index contributed by atoms with van der Waals surface area (Å²) in [5.41, 5.74) is 1.65. The van der Waals surface area contributed by atoms with Gasteiger partial charge in [0.15, 0.2) is 5.82 Å². The minimum Gasteiger partial charge on any atom is -0.337 e. The van der Waals surface area contributed by atoms with E-state index in [0.717, 1.165) is 17.1 Å². The van der Waals surface area contributed by atoms with Gasteiger partial charge < -0.3 is 10.6 Å². The number of carbonyl (C=O) groups is 1. The Morgan fingerprint density at radius 3 is 2.65 bits per heavy atom. The van der Waals surface area contributed by atoms with Crippen LogP contribution in [-0.2, 0) is 6.42 Å². The fourth-order valence-corrected chi connectivity index (χ4v) is 2.03. The molecule has 0 bridgehead atoms. The molecule has 0 radical (unpaired) electrons. The zero-order valence-electron chi connectivity index (χ0n) is 12.4. The number of nitrogens with zero attached hydrogens (tertiary/aromatic N) is 3. The standard InChI is InChI=1S/C16H16N6O/c23-16(19-13-4-2-1-3-5-13)18-11-8-14-20-15(22-21-14)12-6-9-17-10-7-12/h1-7,9-10H,8,11H2,(H2,18,19,23)(H,20,21,22). The van der Waals surface area contributed by atoms with E-state index in [1.807, 2.05) is 42.5 Å². The summed E-state index contributed by atoms with van der Waals surface area (Å²) in [7, 11) is 0. The Balaban J connectivity index is 1.48. The quantitative estimate of drug-likeness (QED) is 0.673. The van der Waals surface area contributed by atoms with Gasteiger partial charge in [-0.3, -0.25) is 10.1 Å². The molecule has 0 aliphatic carbocycles. The number of para-hydroxylation sites is 1. The number of hydrogen-bond acceptors (Lipinski definition) is 4. The fourth-order valence-electron chi connectivity index (χ4n) is 2.03. The van der Waals surface area contributed by atoms with Crippen molar-refractivity contribution < 1.29 is 4.79 Å². The van der Waals surface area contributed by atoms with Crippen LogP contribution in [0.15, 0.2) is 54.9 Å². The third kappa shape index (κ3) is 4.13. The fraction of sp³-hybridized carbons (Fsp3) is 0.125. The predicted molar refractivity (Wildman–Crippen MR) is 86.8 cm³/mol. The lowest BCUT2D eigenvalue weighted by molar-refractivity contribution is 0.252. The van der Waals surface area contributed by atoms with E-state index in [-0.39, 0.29) is 6.03 Å². The second-order valence-corrected chi connectivity index (χ2v) is 4.84. The highest BCUT2D eigenvalue weighted by atomic mass is 16.2. The molecule has 2 heterocycles. The lowest BCUT2D eigenvalue weighted by Gasteiger charge is -2.06. The molecule has 2 amide bonds. The first kappa shape index (κ1) is 14.7. The van der Waals surface area contributed by atoms with Crippen molar-refractivity contribution in [3.05, 3.63) is 60.7 Å². The summed E-state index contributed by atoms with van der Waals surface area (Å²) in [4.78, 5) is 20.1. The van der Waals surface area contributed by atoms with Crippen molar-refractivity contribution in [3.63, 3.8) is 0 Å². The van der Waals surface area contributed by atoms with Crippen molar-refractivity contribution in [1.29, 1.82) is 0 Å². The number of aromatic nitrogens is 4. The van der Waals surface area contributed by atoms with Crippen molar-refractivity contribution >= 4 is 11.7 Å². The Morgan fingerprint density at radius 2 is 1.87 bits per heavy atom. The maximum atomic E-state index is 11.8. The van der Waals surface area contributed by atoms with Gasteiger partial charge >= 0.3 is 6.03 Å². The number of amides is 2. The van der Waals surface area contributed by atoms with Crippen LogP contribution in [0.25, 0.3) is 11.4 Å². The molecule has 23 heavy (non-hydrogen) atoms. The molecule has 116 valence electrons. The highest BCUT2D eigenvalue weighted by molar-refractivity contribution is 5.89. The SMILES string of the molecule is O=C(NCCc1nc(-c2ccncc2)n[nH]1)Nc1ccccc1. The molecule has 7 heteroatoms. The van der Waals surface area contributed by atoms with E-state index in [2.05, 4.69) is 30.8 Å². The van der Waals surface area contributed by atoms with Gasteiger partial charge in [0.05, 0.1) is 0 Å². The van der Waals surface area contributed by atoms with Crippen LogP contribution in [0.1, 0.15) is 5.82 Å². The van der Waals surface area contributed by atoms with Gasteiger partial charge in [0, 0.05) is 36.6 Å². The van der Waals surface area contributed by atoms with E-state index < -0.39 is 0 Å². The Labute approximate surface area is 133 Å². The van der Waals surface area contributed by atoms with E-state index in [1.54, 1.807) is 12.4 Å². The molecular formula is C16H16N6O. The van der Waals surface area contributed by atoms with Gasteiger partial charge in [-0.25, -0.2) is 9.78 Å². The molecule has 2 aromatic heterocycles. The molecule has 3 N–H and O–H groups in total. The van der Waals surface area contributed by atoms with Crippen LogP contribution in [0.2, 0.25) is 0 Å². The summed E-state index contributed by atoms with van der Waals surface area (Å²) < 4.78 is 0. The minimum atomic E-state index is -0.245. The molecule has 0 spiro atoms. The number of pyridine rings is 1. The zero-order valence-corrected chi connectivity index (χ0v) is 12.4. The molecule has 1 aromatic carbocycles. The summed E-state index contributed by atoms with van der Waals surface area (Å²) in [6.45, 7) is 0.462. The zero-order chi connectivity index (χ0) is 15.9. The van der Waals surface area contributed by atoms with Gasteiger partial charge in [-0.1, -0.05) is 18.2 Å². The molecule has 0 fully saturated rings. The number of urea groups is 1. The number of H-pyrrole nitrogens is 1. The smallest absolute Gasteiger partial charge is 0.319 e. The number of nitrogens with one attached hydrogen (secondary N) is 3. The Morgan fingerprint density at radius 1 is 1.09 bits per heavy atom. The lowest BCUT2D eigenvalue weighted by atomic mass is 10.2. The van der Waals surface area contributed by atoms with Crippen LogP contribution in [-0.4, -0.2) is 32.7 Å². The topological polar surface area (TPSA) is 95.6 Å². The van der Waals surface area contributed by atoms with Gasteiger partial charge in [-0.2, -0.15) is 5.10 Å². The Bertz CT molecular complexity index is 757. The van der Waals surface area contributed by atoms with Crippen molar-refractivity contribution in [2.75, 3.05) is 11.9 Å². The summed E-state index contributed by atoms with van der Waals surface area (Å²) in [6, 6.07) is 12.7. The van der Waals surface area contributed by atoms with Gasteiger partial charge in [-0.05, 0) is 24.3 Å². The molecule has 3 aromatic rings. The van der Waals surface area contributed by atoms with E-state index in [0.29, 0.717) is 18.8 Å². The number of carbonyl (C=O) groups excluding carboxylic acids is 1. The molecule has 0 atom stereocenters. The van der Waals surface area contributed by atoms with E-state index >= 15 is 0 Å². The van der Waals surface area contributed by atoms with Crippen molar-refractivity contribution in [1.82, 2.24) is 25.5 Å². The van der Waals surface area contributed by atoms with Crippen molar-refractivity contribution in [3.8, 4) is 11.4 Å². The van der Waals surface area contributed by atoms with Crippen LogP contribution in [0, 0.1) is 0 Å². The molecule has 0 saturated carbocycles. The highest BCUT2D eigenvalue weighted by Gasteiger charge is 2.06. The Hall–Kier alpha value is -3.22. The first-order valence-electron chi connectivity index (χ1n) is 7.23. The van der Waals surface area contributed by atoms with Crippen LogP contribution in [0.3, 0.4) is 0 Å². The molecule has 0 unspecified atom stereocenters. The maximum Gasteiger partial charge on any atom is 0.319 e. The van der Waals surface area contributed by atoms with E-state index in [1.165, 1.54) is 0 Å². The molecule has 7 nitrogen and oxygen atoms in total. The summed E-state index contributed by atoms with van der Waals surface area (Å²) >= 11 is 0. The largest absolute Gasteiger partial charge is 0.337 e. The average Bonchev–Trinajstić information content (AvgIpc) is 3.05. The number of rotatable bonds is 5. The normalized spacial score (nSPS) is 10.3. The number of aromatic amines is 1. The van der Waals surface area contributed by atoms with E-state index in [9.17, 15) is 4.79 Å². The van der Waals surface area contributed by atoms with Crippen LogP contribution < -0.4 is 10.6 Å². The van der Waals surface area contributed by atoms with Gasteiger partial charge in [0.1, 0.15) is 5.82 Å². The molecule has 0 saturated heterocycles.